The zero-order valence-corrected chi connectivity index (χ0v) is 5.11. The summed E-state index contributed by atoms with van der Waals surface area (Å²) in [6.07, 6.45) is 2.88. The number of aromatic nitrogens is 1. The van der Waals surface area contributed by atoms with Gasteiger partial charge in [-0.3, -0.25) is 0 Å². The number of nitrogens with two attached hydrogens (primary N) is 1. The van der Waals surface area contributed by atoms with E-state index in [-0.39, 0.29) is 0 Å². The van der Waals surface area contributed by atoms with Crippen LogP contribution in [0.2, 0.25) is 0 Å². The molecule has 4 heteroatoms. The third-order valence-corrected chi connectivity index (χ3v) is 1.41. The molecule has 0 bridgehead atoms. The number of hydrogen-bond acceptors (Lipinski definition) is 3. The highest BCUT2D eigenvalue weighted by Crippen LogP contribution is 2.22. The number of furan rings is 1. The molecule has 0 aliphatic carbocycles. The fraction of sp³-hybridized carbons (Fsp3) is 0. The molecule has 0 aliphatic rings. The van der Waals surface area contributed by atoms with Crippen molar-refractivity contribution >= 4 is 16.8 Å². The van der Waals surface area contributed by atoms with Gasteiger partial charge in [-0.1, -0.05) is 0 Å². The van der Waals surface area contributed by atoms with Crippen LogP contribution in [0.3, 0.4) is 0 Å². The molecule has 2 aromatic rings. The van der Waals surface area contributed by atoms with Crippen molar-refractivity contribution in [3.05, 3.63) is 18.5 Å². The SMILES string of the molecule is Nc1cn(O)c2ccoc12. The molecule has 0 saturated heterocycles. The van der Waals surface area contributed by atoms with Crippen LogP contribution in [0.15, 0.2) is 22.9 Å². The van der Waals surface area contributed by atoms with Crippen LogP contribution in [0.5, 0.6) is 0 Å². The molecule has 0 fully saturated rings. The maximum atomic E-state index is 9.06. The molecule has 0 amide bonds. The molecule has 0 atom stereocenters. The van der Waals surface area contributed by atoms with Crippen molar-refractivity contribution in [1.29, 1.82) is 0 Å². The summed E-state index contributed by atoms with van der Waals surface area (Å²) in [5.74, 6) is 0. The molecule has 0 spiro atoms. The van der Waals surface area contributed by atoms with Gasteiger partial charge in [0, 0.05) is 6.07 Å². The summed E-state index contributed by atoms with van der Waals surface area (Å²) in [6, 6.07) is 1.64. The van der Waals surface area contributed by atoms with E-state index < -0.39 is 0 Å². The van der Waals surface area contributed by atoms with Gasteiger partial charge in [0.25, 0.3) is 0 Å². The van der Waals surface area contributed by atoms with E-state index >= 15 is 0 Å². The van der Waals surface area contributed by atoms with Gasteiger partial charge < -0.3 is 15.4 Å². The van der Waals surface area contributed by atoms with Crippen molar-refractivity contribution in [2.75, 3.05) is 5.73 Å². The normalized spacial score (nSPS) is 10.8. The van der Waals surface area contributed by atoms with Crippen molar-refractivity contribution in [2.24, 2.45) is 0 Å². The van der Waals surface area contributed by atoms with Gasteiger partial charge >= 0.3 is 0 Å². The quantitative estimate of drug-likeness (QED) is 0.535. The maximum Gasteiger partial charge on any atom is 0.178 e. The van der Waals surface area contributed by atoms with Crippen LogP contribution in [0.25, 0.3) is 11.1 Å². The minimum absolute atomic E-state index is 0.447. The first-order valence-corrected chi connectivity index (χ1v) is 2.82. The highest BCUT2D eigenvalue weighted by Gasteiger charge is 2.06. The Kier molecular flexibility index (Phi) is 0.768. The molecular formula is C6H6N2O2. The number of rotatable bonds is 0. The largest absolute Gasteiger partial charge is 0.460 e. The van der Waals surface area contributed by atoms with Crippen molar-refractivity contribution in [2.45, 2.75) is 0 Å². The van der Waals surface area contributed by atoms with Gasteiger partial charge in [0.05, 0.1) is 18.1 Å². The lowest BCUT2D eigenvalue weighted by molar-refractivity contribution is 0.200. The van der Waals surface area contributed by atoms with Crippen molar-refractivity contribution in [3.8, 4) is 0 Å². The summed E-state index contributed by atoms with van der Waals surface area (Å²) in [7, 11) is 0. The van der Waals surface area contributed by atoms with Crippen LogP contribution in [0.4, 0.5) is 5.69 Å². The van der Waals surface area contributed by atoms with Crippen molar-refractivity contribution in [3.63, 3.8) is 0 Å². The number of hydrogen-bond donors (Lipinski definition) is 2. The average molecular weight is 138 g/mol. The smallest absolute Gasteiger partial charge is 0.178 e. The lowest BCUT2D eigenvalue weighted by atomic mass is 10.5. The first kappa shape index (κ1) is 5.22. The summed E-state index contributed by atoms with van der Waals surface area (Å²) >= 11 is 0. The van der Waals surface area contributed by atoms with Gasteiger partial charge in [-0.25, -0.2) is 0 Å². The van der Waals surface area contributed by atoms with Crippen LogP contribution in [0.1, 0.15) is 0 Å². The Morgan fingerprint density at radius 1 is 1.60 bits per heavy atom. The molecule has 0 radical (unpaired) electrons. The van der Waals surface area contributed by atoms with Crippen LogP contribution in [0, 0.1) is 0 Å². The lowest BCUT2D eigenvalue weighted by Crippen LogP contribution is -1.84. The Labute approximate surface area is 56.4 Å². The van der Waals surface area contributed by atoms with Gasteiger partial charge in [-0.05, 0) is 0 Å². The molecule has 2 heterocycles. The summed E-state index contributed by atoms with van der Waals surface area (Å²) in [5.41, 5.74) is 7.02. The molecule has 2 aromatic heterocycles. The highest BCUT2D eigenvalue weighted by atomic mass is 16.5. The van der Waals surface area contributed by atoms with E-state index in [1.807, 2.05) is 0 Å². The van der Waals surface area contributed by atoms with Crippen molar-refractivity contribution in [1.82, 2.24) is 4.73 Å². The molecule has 2 rings (SSSR count). The second-order valence-corrected chi connectivity index (χ2v) is 2.06. The Hall–Kier alpha value is -1.58. The molecule has 0 aliphatic heterocycles. The highest BCUT2D eigenvalue weighted by molar-refractivity contribution is 5.86. The van der Waals surface area contributed by atoms with E-state index in [0.717, 1.165) is 4.73 Å². The monoisotopic (exact) mass is 138 g/mol. The van der Waals surface area contributed by atoms with Crippen molar-refractivity contribution < 1.29 is 9.62 Å². The van der Waals surface area contributed by atoms with Gasteiger partial charge in [0.15, 0.2) is 5.58 Å². The number of nitrogen functional groups attached to an aromatic ring is 1. The van der Waals surface area contributed by atoms with E-state index in [1.165, 1.54) is 12.5 Å². The maximum absolute atomic E-state index is 9.06. The van der Waals surface area contributed by atoms with Crippen LogP contribution in [-0.2, 0) is 0 Å². The minimum Gasteiger partial charge on any atom is -0.460 e. The molecule has 3 N–H and O–H groups in total. The van der Waals surface area contributed by atoms with E-state index in [1.54, 1.807) is 6.07 Å². The fourth-order valence-corrected chi connectivity index (χ4v) is 0.959. The number of nitrogens with zero attached hydrogens (tertiary/aromatic N) is 1. The molecule has 10 heavy (non-hydrogen) atoms. The van der Waals surface area contributed by atoms with Gasteiger partial charge in [0.2, 0.25) is 0 Å². The van der Waals surface area contributed by atoms with E-state index in [0.29, 0.717) is 16.8 Å². The van der Waals surface area contributed by atoms with Gasteiger partial charge in [-0.15, -0.1) is 0 Å². The third-order valence-electron chi connectivity index (χ3n) is 1.41. The second kappa shape index (κ2) is 1.47. The van der Waals surface area contributed by atoms with E-state index in [9.17, 15) is 0 Å². The standard InChI is InChI=1S/C6H6N2O2/c7-4-3-8(9)5-1-2-10-6(4)5/h1-3,9H,7H2. The molecule has 0 aromatic carbocycles. The fourth-order valence-electron chi connectivity index (χ4n) is 0.959. The third kappa shape index (κ3) is 0.452. The van der Waals surface area contributed by atoms with Crippen LogP contribution >= 0.6 is 0 Å². The molecule has 4 nitrogen and oxygen atoms in total. The first-order valence-electron chi connectivity index (χ1n) is 2.82. The molecular weight excluding hydrogens is 132 g/mol. The first-order chi connectivity index (χ1) is 4.79. The Morgan fingerprint density at radius 2 is 2.40 bits per heavy atom. The summed E-state index contributed by atoms with van der Waals surface area (Å²) < 4.78 is 5.90. The molecule has 0 unspecified atom stereocenters. The number of fused-ring (bicyclic) bond motifs is 1. The Morgan fingerprint density at radius 3 is 3.10 bits per heavy atom. The summed E-state index contributed by atoms with van der Waals surface area (Å²) in [5, 5.41) is 9.06. The lowest BCUT2D eigenvalue weighted by Gasteiger charge is -1.84. The van der Waals surface area contributed by atoms with E-state index in [4.69, 9.17) is 15.4 Å². The number of anilines is 1. The summed E-state index contributed by atoms with van der Waals surface area (Å²) in [4.78, 5) is 0. The zero-order chi connectivity index (χ0) is 7.14. The van der Waals surface area contributed by atoms with Gasteiger partial charge in [-0.2, -0.15) is 4.73 Å². The summed E-state index contributed by atoms with van der Waals surface area (Å²) in [6.45, 7) is 0. The van der Waals surface area contributed by atoms with Crippen LogP contribution < -0.4 is 5.73 Å². The minimum atomic E-state index is 0.447. The Balaban J connectivity index is 2.98. The van der Waals surface area contributed by atoms with E-state index in [2.05, 4.69) is 0 Å². The predicted octanol–water partition coefficient (Wildman–Crippen LogP) is 1.05. The van der Waals surface area contributed by atoms with Crippen LogP contribution in [-0.4, -0.2) is 9.94 Å². The Bertz CT molecular complexity index is 329. The zero-order valence-electron chi connectivity index (χ0n) is 5.11. The predicted molar refractivity (Wildman–Crippen MR) is 35.8 cm³/mol. The van der Waals surface area contributed by atoms with Gasteiger partial charge in [0.1, 0.15) is 5.52 Å². The molecule has 52 valence electrons. The molecule has 0 saturated carbocycles. The topological polar surface area (TPSA) is 64.3 Å². The second-order valence-electron chi connectivity index (χ2n) is 2.06. The average Bonchev–Trinajstić information content (AvgIpc) is 2.39.